The maximum Gasteiger partial charge on any atom is 0.325 e. The van der Waals surface area contributed by atoms with Crippen LogP contribution in [-0.4, -0.2) is 29.3 Å². The Balaban J connectivity index is 1.53. The quantitative estimate of drug-likeness (QED) is 0.507. The van der Waals surface area contributed by atoms with Gasteiger partial charge in [-0.25, -0.2) is 4.79 Å². The fourth-order valence-corrected chi connectivity index (χ4v) is 5.43. The Kier molecular flexibility index (Phi) is 4.71. The molecule has 6 nitrogen and oxygen atoms in total. The molecule has 2 heterocycles. The highest BCUT2D eigenvalue weighted by molar-refractivity contribution is 14.1. The van der Waals surface area contributed by atoms with Crippen LogP contribution in [0.3, 0.4) is 0 Å². The third-order valence-corrected chi connectivity index (χ3v) is 6.75. The van der Waals surface area contributed by atoms with Crippen molar-refractivity contribution in [1.29, 1.82) is 0 Å². The molecule has 0 bridgehead atoms. The summed E-state index contributed by atoms with van der Waals surface area (Å²) >= 11 is 3.81. The summed E-state index contributed by atoms with van der Waals surface area (Å²) in [5, 5.41) is 7.61. The van der Waals surface area contributed by atoms with Crippen LogP contribution in [0.4, 0.5) is 10.5 Å². The second kappa shape index (κ2) is 6.90. The number of hydrogen-bond donors (Lipinski definition) is 2. The van der Waals surface area contributed by atoms with Crippen LogP contribution >= 0.6 is 33.9 Å². The van der Waals surface area contributed by atoms with Crippen LogP contribution in [0.25, 0.3) is 0 Å². The zero-order valence-electron chi connectivity index (χ0n) is 14.7. The van der Waals surface area contributed by atoms with E-state index >= 15 is 0 Å². The molecule has 1 unspecified atom stereocenters. The van der Waals surface area contributed by atoms with E-state index in [1.165, 1.54) is 0 Å². The Bertz CT molecular complexity index is 957. The van der Waals surface area contributed by atoms with Crippen molar-refractivity contribution in [3.05, 3.63) is 49.2 Å². The number of carbonyl (C=O) groups is 3. The molecule has 2 aliphatic rings. The second-order valence-electron chi connectivity index (χ2n) is 6.85. The van der Waals surface area contributed by atoms with Gasteiger partial charge in [-0.2, -0.15) is 0 Å². The number of urea groups is 1. The third-order valence-electron chi connectivity index (χ3n) is 5.10. The maximum absolute atomic E-state index is 13.1. The first-order chi connectivity index (χ1) is 12.9. The largest absolute Gasteiger partial charge is 0.325 e. The van der Waals surface area contributed by atoms with Crippen LogP contribution in [0.2, 0.25) is 0 Å². The highest BCUT2D eigenvalue weighted by Crippen LogP contribution is 2.42. The Labute approximate surface area is 174 Å². The van der Waals surface area contributed by atoms with Crippen molar-refractivity contribution in [2.75, 3.05) is 11.9 Å². The SMILES string of the molecule is Cc1cc(I)ccc1NC(=O)CN1C(=O)NC2(CCCc3sccc32)C1=O. The van der Waals surface area contributed by atoms with Gasteiger partial charge >= 0.3 is 6.03 Å². The molecule has 140 valence electrons. The van der Waals surface area contributed by atoms with Crippen molar-refractivity contribution < 1.29 is 14.4 Å². The second-order valence-corrected chi connectivity index (χ2v) is 9.09. The molecule has 8 heteroatoms. The molecule has 2 aromatic rings. The summed E-state index contributed by atoms with van der Waals surface area (Å²) in [6.45, 7) is 1.61. The van der Waals surface area contributed by atoms with Gasteiger partial charge in [0.25, 0.3) is 5.91 Å². The minimum Gasteiger partial charge on any atom is -0.324 e. The number of fused-ring (bicyclic) bond motifs is 2. The van der Waals surface area contributed by atoms with Gasteiger partial charge in [0.05, 0.1) is 0 Å². The lowest BCUT2D eigenvalue weighted by atomic mass is 9.80. The molecule has 1 aliphatic carbocycles. The van der Waals surface area contributed by atoms with Gasteiger partial charge in [0.2, 0.25) is 5.91 Å². The van der Waals surface area contributed by atoms with Gasteiger partial charge in [0.15, 0.2) is 0 Å². The number of nitrogens with zero attached hydrogens (tertiary/aromatic N) is 1. The average molecular weight is 495 g/mol. The van der Waals surface area contributed by atoms with E-state index in [0.717, 1.165) is 37.3 Å². The molecule has 0 saturated carbocycles. The van der Waals surface area contributed by atoms with Gasteiger partial charge < -0.3 is 10.6 Å². The van der Waals surface area contributed by atoms with Crippen LogP contribution < -0.4 is 10.6 Å². The summed E-state index contributed by atoms with van der Waals surface area (Å²) in [5.74, 6) is -0.720. The molecule has 2 N–H and O–H groups in total. The average Bonchev–Trinajstić information content (AvgIpc) is 3.18. The summed E-state index contributed by atoms with van der Waals surface area (Å²) in [4.78, 5) is 40.3. The van der Waals surface area contributed by atoms with Gasteiger partial charge in [-0.05, 0) is 84.0 Å². The van der Waals surface area contributed by atoms with E-state index in [9.17, 15) is 14.4 Å². The van der Waals surface area contributed by atoms with Crippen molar-refractivity contribution in [3.63, 3.8) is 0 Å². The molecule has 1 fully saturated rings. The van der Waals surface area contributed by atoms with Gasteiger partial charge in [0.1, 0.15) is 12.1 Å². The molecule has 1 aromatic carbocycles. The van der Waals surface area contributed by atoms with Gasteiger partial charge in [0, 0.05) is 19.7 Å². The van der Waals surface area contributed by atoms with Crippen LogP contribution in [0.5, 0.6) is 0 Å². The smallest absolute Gasteiger partial charge is 0.324 e. The summed E-state index contributed by atoms with van der Waals surface area (Å²) in [6.07, 6.45) is 2.32. The molecule has 1 aromatic heterocycles. The Morgan fingerprint density at radius 1 is 1.37 bits per heavy atom. The Hall–Kier alpha value is -1.94. The van der Waals surface area contributed by atoms with E-state index in [0.29, 0.717) is 12.1 Å². The summed E-state index contributed by atoms with van der Waals surface area (Å²) in [5.41, 5.74) is 1.48. The summed E-state index contributed by atoms with van der Waals surface area (Å²) in [7, 11) is 0. The monoisotopic (exact) mass is 495 g/mol. The normalized spacial score (nSPS) is 21.3. The Morgan fingerprint density at radius 3 is 2.96 bits per heavy atom. The molecule has 4 amide bonds. The highest BCUT2D eigenvalue weighted by atomic mass is 127. The van der Waals surface area contributed by atoms with E-state index in [2.05, 4.69) is 33.2 Å². The number of rotatable bonds is 3. The Morgan fingerprint density at radius 2 is 2.19 bits per heavy atom. The highest BCUT2D eigenvalue weighted by Gasteiger charge is 2.54. The number of halogens is 1. The fourth-order valence-electron chi connectivity index (χ4n) is 3.79. The molecule has 1 spiro atoms. The van der Waals surface area contributed by atoms with Crippen molar-refractivity contribution >= 4 is 57.5 Å². The van der Waals surface area contributed by atoms with Crippen molar-refractivity contribution in [2.24, 2.45) is 0 Å². The van der Waals surface area contributed by atoms with Gasteiger partial charge in [-0.15, -0.1) is 11.3 Å². The first-order valence-electron chi connectivity index (χ1n) is 8.68. The number of aryl methyl sites for hydroxylation is 2. The number of thiophene rings is 1. The van der Waals surface area contributed by atoms with E-state index in [-0.39, 0.29) is 18.4 Å². The number of imide groups is 1. The van der Waals surface area contributed by atoms with Crippen molar-refractivity contribution in [1.82, 2.24) is 10.2 Å². The zero-order valence-corrected chi connectivity index (χ0v) is 17.6. The number of anilines is 1. The number of benzene rings is 1. The first kappa shape index (κ1) is 18.4. The van der Waals surface area contributed by atoms with E-state index < -0.39 is 11.6 Å². The van der Waals surface area contributed by atoms with E-state index in [1.54, 1.807) is 11.3 Å². The number of hydrogen-bond acceptors (Lipinski definition) is 4. The number of amides is 4. The van der Waals surface area contributed by atoms with Crippen LogP contribution in [0.15, 0.2) is 29.6 Å². The topological polar surface area (TPSA) is 78.5 Å². The predicted octanol–water partition coefficient (Wildman–Crippen LogP) is 3.38. The van der Waals surface area contributed by atoms with Crippen LogP contribution in [-0.2, 0) is 21.5 Å². The van der Waals surface area contributed by atoms with Gasteiger partial charge in [-0.3, -0.25) is 14.5 Å². The van der Waals surface area contributed by atoms with Gasteiger partial charge in [-0.1, -0.05) is 0 Å². The molecule has 1 atom stereocenters. The number of nitrogens with one attached hydrogen (secondary N) is 2. The fraction of sp³-hybridized carbons (Fsp3) is 0.316. The predicted molar refractivity (Wildman–Crippen MR) is 112 cm³/mol. The molecular weight excluding hydrogens is 477 g/mol. The van der Waals surface area contributed by atoms with Crippen LogP contribution in [0.1, 0.15) is 28.8 Å². The molecule has 4 rings (SSSR count). The first-order valence-corrected chi connectivity index (χ1v) is 10.6. The lowest BCUT2D eigenvalue weighted by Gasteiger charge is -2.31. The number of carbonyl (C=O) groups excluding carboxylic acids is 3. The molecule has 1 saturated heterocycles. The minimum absolute atomic E-state index is 0.294. The lowest BCUT2D eigenvalue weighted by molar-refractivity contribution is -0.134. The molecule has 27 heavy (non-hydrogen) atoms. The molecule has 1 aliphatic heterocycles. The van der Waals surface area contributed by atoms with E-state index in [4.69, 9.17) is 0 Å². The van der Waals surface area contributed by atoms with Crippen molar-refractivity contribution in [2.45, 2.75) is 31.7 Å². The zero-order chi connectivity index (χ0) is 19.2. The molecular formula is C19H18IN3O3S. The summed E-state index contributed by atoms with van der Waals surface area (Å²) < 4.78 is 1.07. The van der Waals surface area contributed by atoms with Crippen molar-refractivity contribution in [3.8, 4) is 0 Å². The third kappa shape index (κ3) is 3.14. The van der Waals surface area contributed by atoms with E-state index in [1.807, 2.05) is 36.6 Å². The molecule has 0 radical (unpaired) electrons. The summed E-state index contributed by atoms with van der Waals surface area (Å²) in [6, 6.07) is 7.08. The lowest BCUT2D eigenvalue weighted by Crippen LogP contribution is -2.46. The maximum atomic E-state index is 13.1. The standard InChI is InChI=1S/C19H18IN3O3S/c1-11-9-12(20)4-5-14(11)21-16(24)10-23-17(25)19(22-18(23)26)7-2-3-15-13(19)6-8-27-15/h4-6,8-9H,2-3,7,10H2,1H3,(H,21,24)(H,22,26). The minimum atomic E-state index is -1.01. The van der Waals surface area contributed by atoms with Crippen LogP contribution in [0, 0.1) is 10.5 Å².